The van der Waals surface area contributed by atoms with Gasteiger partial charge in [0.2, 0.25) is 0 Å². The molecule has 0 aliphatic carbocycles. The van der Waals surface area contributed by atoms with Crippen LogP contribution < -0.4 is 0 Å². The summed E-state index contributed by atoms with van der Waals surface area (Å²) in [6.07, 6.45) is -4.36. The van der Waals surface area contributed by atoms with Gasteiger partial charge < -0.3 is 0 Å². The molecule has 0 fully saturated rings. The zero-order valence-electron chi connectivity index (χ0n) is 15.2. The van der Waals surface area contributed by atoms with Gasteiger partial charge in [0.1, 0.15) is 4.75 Å². The molecule has 28 heavy (non-hydrogen) atoms. The van der Waals surface area contributed by atoms with Crippen LogP contribution in [0.1, 0.15) is 46.8 Å². The number of allylic oxidation sites excluding steroid dienone is 1. The normalized spacial score (nSPS) is 19.6. The molecular formula is C21H17Cl2F3OS. The van der Waals surface area contributed by atoms with Crippen LogP contribution >= 0.6 is 35.0 Å². The summed E-state index contributed by atoms with van der Waals surface area (Å²) in [6.45, 7) is 3.57. The summed E-state index contributed by atoms with van der Waals surface area (Å²) in [6, 6.07) is 9.22. The number of alkyl halides is 3. The van der Waals surface area contributed by atoms with E-state index in [1.807, 2.05) is 0 Å². The monoisotopic (exact) mass is 444 g/mol. The zero-order chi connectivity index (χ0) is 20.7. The van der Waals surface area contributed by atoms with Gasteiger partial charge in [0, 0.05) is 28.5 Å². The molecular weight excluding hydrogens is 428 g/mol. The van der Waals surface area contributed by atoms with E-state index in [0.29, 0.717) is 23.1 Å². The maximum atomic E-state index is 14.2. The van der Waals surface area contributed by atoms with Gasteiger partial charge in [-0.15, -0.1) is 11.8 Å². The maximum absolute atomic E-state index is 14.2. The van der Waals surface area contributed by atoms with E-state index in [1.54, 1.807) is 37.5 Å². The van der Waals surface area contributed by atoms with Crippen LogP contribution in [0.25, 0.3) is 5.57 Å². The van der Waals surface area contributed by atoms with E-state index in [4.69, 9.17) is 23.2 Å². The standard InChI is InChI=1S/C21H17Cl2F3OS/c1-3-19(27)18-5-4-13(6-12(18)2)14-10-20(28-11-14,21(24,25)26)15-7-16(22)9-17(23)8-15/h4-9,11H,3,10H2,1-2H3. The fraction of sp³-hybridized carbons (Fsp3) is 0.286. The first kappa shape index (κ1) is 21.3. The maximum Gasteiger partial charge on any atom is 0.407 e. The first-order chi connectivity index (χ1) is 13.1. The SMILES string of the molecule is CCC(=O)c1ccc(C2=CSC(c3cc(Cl)cc(Cl)c3)(C(F)(F)F)C2)cc1C. The smallest absolute Gasteiger partial charge is 0.294 e. The minimum atomic E-state index is -4.50. The fourth-order valence-corrected chi connectivity index (χ4v) is 5.06. The molecule has 1 unspecified atom stereocenters. The molecule has 0 bridgehead atoms. The Labute approximate surface area is 175 Å². The molecule has 7 heteroatoms. The van der Waals surface area contributed by atoms with Crippen molar-refractivity contribution in [2.45, 2.75) is 37.6 Å². The Morgan fingerprint density at radius 2 is 1.79 bits per heavy atom. The molecule has 0 N–H and O–H groups in total. The molecule has 1 heterocycles. The van der Waals surface area contributed by atoms with Gasteiger partial charge in [-0.1, -0.05) is 48.3 Å². The van der Waals surface area contributed by atoms with Crippen molar-refractivity contribution in [3.8, 4) is 0 Å². The van der Waals surface area contributed by atoms with Gasteiger partial charge in [0.05, 0.1) is 0 Å². The van der Waals surface area contributed by atoms with E-state index in [0.717, 1.165) is 17.3 Å². The van der Waals surface area contributed by atoms with Crippen LogP contribution in [-0.2, 0) is 4.75 Å². The lowest BCUT2D eigenvalue weighted by atomic mass is 9.87. The van der Waals surface area contributed by atoms with Gasteiger partial charge in [-0.25, -0.2) is 0 Å². The molecule has 0 saturated heterocycles. The minimum Gasteiger partial charge on any atom is -0.294 e. The predicted molar refractivity (Wildman–Crippen MR) is 110 cm³/mol. The lowest BCUT2D eigenvalue weighted by molar-refractivity contribution is -0.160. The number of carbonyl (C=O) groups excluding carboxylic acids is 1. The van der Waals surface area contributed by atoms with Crippen LogP contribution in [0.3, 0.4) is 0 Å². The molecule has 1 aliphatic rings. The van der Waals surface area contributed by atoms with Crippen LogP contribution in [0.5, 0.6) is 0 Å². The summed E-state index contributed by atoms with van der Waals surface area (Å²) in [7, 11) is 0. The Morgan fingerprint density at radius 1 is 1.14 bits per heavy atom. The van der Waals surface area contributed by atoms with Crippen molar-refractivity contribution in [1.82, 2.24) is 0 Å². The number of carbonyl (C=O) groups is 1. The number of ketones is 1. The van der Waals surface area contributed by atoms with Crippen LogP contribution in [0, 0.1) is 6.92 Å². The summed E-state index contributed by atoms with van der Waals surface area (Å²) in [4.78, 5) is 12.0. The number of aryl methyl sites for hydroxylation is 1. The summed E-state index contributed by atoms with van der Waals surface area (Å²) in [5.74, 6) is 0.0111. The molecule has 0 aromatic heterocycles. The highest BCUT2D eigenvalue weighted by Gasteiger charge is 2.58. The second kappa shape index (κ2) is 7.77. The van der Waals surface area contributed by atoms with Gasteiger partial charge >= 0.3 is 6.18 Å². The van der Waals surface area contributed by atoms with Crippen LogP contribution in [-0.4, -0.2) is 12.0 Å². The number of thioether (sulfide) groups is 1. The largest absolute Gasteiger partial charge is 0.407 e. The fourth-order valence-electron chi connectivity index (χ4n) is 3.35. The van der Waals surface area contributed by atoms with Crippen molar-refractivity contribution < 1.29 is 18.0 Å². The lowest BCUT2D eigenvalue weighted by Gasteiger charge is -2.32. The Bertz CT molecular complexity index is 948. The highest BCUT2D eigenvalue weighted by molar-refractivity contribution is 8.03. The molecule has 148 valence electrons. The van der Waals surface area contributed by atoms with Gasteiger partial charge in [-0.05, 0) is 52.8 Å². The predicted octanol–water partition coefficient (Wildman–Crippen LogP) is 7.83. The summed E-state index contributed by atoms with van der Waals surface area (Å²) in [5, 5.41) is 1.87. The molecule has 1 nitrogen and oxygen atoms in total. The number of hydrogen-bond acceptors (Lipinski definition) is 2. The molecule has 3 rings (SSSR count). The molecule has 2 aromatic rings. The number of hydrogen-bond donors (Lipinski definition) is 0. The summed E-state index contributed by atoms with van der Waals surface area (Å²) < 4.78 is 40.3. The number of rotatable bonds is 4. The van der Waals surface area contributed by atoms with Crippen molar-refractivity contribution in [3.63, 3.8) is 0 Å². The zero-order valence-corrected chi connectivity index (χ0v) is 17.5. The van der Waals surface area contributed by atoms with E-state index in [1.165, 1.54) is 18.2 Å². The van der Waals surface area contributed by atoms with E-state index >= 15 is 0 Å². The Balaban J connectivity index is 2.00. The molecule has 1 aliphatic heterocycles. The lowest BCUT2D eigenvalue weighted by Crippen LogP contribution is -2.37. The third-order valence-corrected chi connectivity index (χ3v) is 6.70. The summed E-state index contributed by atoms with van der Waals surface area (Å²) >= 11 is 12.7. The second-order valence-corrected chi connectivity index (χ2v) is 8.77. The van der Waals surface area contributed by atoms with Crippen LogP contribution in [0.15, 0.2) is 41.8 Å². The Morgan fingerprint density at radius 3 is 2.32 bits per heavy atom. The van der Waals surface area contributed by atoms with Crippen molar-refractivity contribution in [3.05, 3.63) is 74.1 Å². The molecule has 0 amide bonds. The van der Waals surface area contributed by atoms with Gasteiger partial charge in [-0.2, -0.15) is 13.2 Å². The molecule has 1 atom stereocenters. The highest BCUT2D eigenvalue weighted by Crippen LogP contribution is 2.60. The first-order valence-corrected chi connectivity index (χ1v) is 10.3. The Hall–Kier alpha value is -1.43. The van der Waals surface area contributed by atoms with Gasteiger partial charge in [0.25, 0.3) is 0 Å². The number of benzene rings is 2. The topological polar surface area (TPSA) is 17.1 Å². The van der Waals surface area contributed by atoms with Crippen molar-refractivity contribution >= 4 is 46.3 Å². The van der Waals surface area contributed by atoms with E-state index < -0.39 is 10.9 Å². The second-order valence-electron chi connectivity index (χ2n) is 6.73. The highest BCUT2D eigenvalue weighted by atomic mass is 35.5. The molecule has 0 spiro atoms. The van der Waals surface area contributed by atoms with Crippen LogP contribution in [0.4, 0.5) is 13.2 Å². The average molecular weight is 445 g/mol. The van der Waals surface area contributed by atoms with Gasteiger partial charge in [-0.3, -0.25) is 4.79 Å². The van der Waals surface area contributed by atoms with E-state index in [9.17, 15) is 18.0 Å². The van der Waals surface area contributed by atoms with E-state index in [-0.39, 0.29) is 27.8 Å². The van der Waals surface area contributed by atoms with Crippen molar-refractivity contribution in [2.24, 2.45) is 0 Å². The van der Waals surface area contributed by atoms with E-state index in [2.05, 4.69) is 0 Å². The first-order valence-electron chi connectivity index (χ1n) is 8.62. The number of halogens is 5. The van der Waals surface area contributed by atoms with Crippen LogP contribution in [0.2, 0.25) is 10.0 Å². The van der Waals surface area contributed by atoms with Gasteiger partial charge in [0.15, 0.2) is 5.78 Å². The quantitative estimate of drug-likeness (QED) is 0.446. The molecule has 0 radical (unpaired) electrons. The summed E-state index contributed by atoms with van der Waals surface area (Å²) in [5.41, 5.74) is 2.63. The van der Waals surface area contributed by atoms with Crippen molar-refractivity contribution in [2.75, 3.05) is 0 Å². The molecule has 0 saturated carbocycles. The Kier molecular flexibility index (Phi) is 5.91. The molecule has 2 aromatic carbocycles. The average Bonchev–Trinajstić information content (AvgIpc) is 3.07. The third kappa shape index (κ3) is 3.85. The number of Topliss-reactive ketones (excluding diaryl/α,β-unsaturated/α-hetero) is 1. The minimum absolute atomic E-state index is 0.0111. The van der Waals surface area contributed by atoms with Crippen molar-refractivity contribution in [1.29, 1.82) is 0 Å². The third-order valence-electron chi connectivity index (χ3n) is 4.85.